The van der Waals surface area contributed by atoms with Gasteiger partial charge in [-0.05, 0) is 29.5 Å². The van der Waals surface area contributed by atoms with Gasteiger partial charge in [0.05, 0.1) is 19.0 Å². The molecule has 1 atom stereocenters. The molecule has 112 valence electrons. The van der Waals surface area contributed by atoms with Crippen molar-refractivity contribution < 1.29 is 9.47 Å². The zero-order chi connectivity index (χ0) is 15.4. The van der Waals surface area contributed by atoms with E-state index in [-0.39, 0.29) is 4.83 Å². The van der Waals surface area contributed by atoms with E-state index >= 15 is 0 Å². The molecule has 0 amide bonds. The smallest absolute Gasteiger partial charge is 0.162 e. The molecule has 1 unspecified atom stereocenters. The molecule has 0 heterocycles. The standard InChI is InChI=1S/C16H16BrClO2S/c1-19-13-8-11(12(18)9-14(13)20-2)16(17)10-6-4-5-7-15(10)21-3/h4-9,16H,1-3H3. The lowest BCUT2D eigenvalue weighted by atomic mass is 10.0. The molecule has 0 aromatic heterocycles. The highest BCUT2D eigenvalue weighted by atomic mass is 79.9. The van der Waals surface area contributed by atoms with Crippen LogP contribution in [0.3, 0.4) is 0 Å². The van der Waals surface area contributed by atoms with E-state index in [0.29, 0.717) is 16.5 Å². The predicted molar refractivity (Wildman–Crippen MR) is 93.5 cm³/mol. The van der Waals surface area contributed by atoms with Gasteiger partial charge >= 0.3 is 0 Å². The molecule has 0 spiro atoms. The second-order valence-electron chi connectivity index (χ2n) is 4.33. The van der Waals surface area contributed by atoms with Gasteiger partial charge in [0.2, 0.25) is 0 Å². The first-order chi connectivity index (χ1) is 10.1. The first kappa shape index (κ1) is 16.5. The van der Waals surface area contributed by atoms with E-state index < -0.39 is 0 Å². The summed E-state index contributed by atoms with van der Waals surface area (Å²) >= 11 is 11.9. The molecule has 0 aliphatic carbocycles. The first-order valence-electron chi connectivity index (χ1n) is 6.30. The molecule has 2 rings (SSSR count). The molecule has 0 saturated carbocycles. The normalized spacial score (nSPS) is 12.0. The van der Waals surface area contributed by atoms with Crippen LogP contribution >= 0.6 is 39.3 Å². The molecular formula is C16H16BrClO2S. The Hall–Kier alpha value is -0.840. The average molecular weight is 388 g/mol. The summed E-state index contributed by atoms with van der Waals surface area (Å²) < 4.78 is 10.6. The monoisotopic (exact) mass is 386 g/mol. The zero-order valence-corrected chi connectivity index (χ0v) is 15.2. The van der Waals surface area contributed by atoms with Crippen molar-refractivity contribution in [3.05, 3.63) is 52.5 Å². The van der Waals surface area contributed by atoms with Crippen LogP contribution in [0.2, 0.25) is 5.02 Å². The van der Waals surface area contributed by atoms with Crippen molar-refractivity contribution in [2.75, 3.05) is 20.5 Å². The maximum absolute atomic E-state index is 6.41. The molecule has 0 bridgehead atoms. The Kier molecular flexibility index (Phi) is 5.85. The Balaban J connectivity index is 2.50. The Morgan fingerprint density at radius 3 is 2.29 bits per heavy atom. The maximum atomic E-state index is 6.41. The van der Waals surface area contributed by atoms with E-state index in [2.05, 4.69) is 34.3 Å². The van der Waals surface area contributed by atoms with Gasteiger partial charge in [0.25, 0.3) is 0 Å². The van der Waals surface area contributed by atoms with Gasteiger partial charge in [-0.15, -0.1) is 11.8 Å². The topological polar surface area (TPSA) is 18.5 Å². The molecule has 0 fully saturated rings. The van der Waals surface area contributed by atoms with Crippen molar-refractivity contribution >= 4 is 39.3 Å². The molecule has 0 aliphatic rings. The van der Waals surface area contributed by atoms with Gasteiger partial charge in [0, 0.05) is 16.0 Å². The Bertz CT molecular complexity index is 634. The SMILES string of the molecule is COc1cc(Cl)c(C(Br)c2ccccc2SC)cc1OC. The van der Waals surface area contributed by atoms with E-state index in [1.165, 1.54) is 10.5 Å². The summed E-state index contributed by atoms with van der Waals surface area (Å²) in [5.41, 5.74) is 2.13. The fourth-order valence-electron chi connectivity index (χ4n) is 2.11. The minimum atomic E-state index is -0.00606. The van der Waals surface area contributed by atoms with Gasteiger partial charge in [-0.25, -0.2) is 0 Å². The molecular weight excluding hydrogens is 372 g/mol. The van der Waals surface area contributed by atoms with E-state index in [0.717, 1.165) is 5.56 Å². The van der Waals surface area contributed by atoms with Gasteiger partial charge in [0.1, 0.15) is 0 Å². The first-order valence-corrected chi connectivity index (χ1v) is 8.82. The van der Waals surface area contributed by atoms with Crippen LogP contribution < -0.4 is 9.47 Å². The highest BCUT2D eigenvalue weighted by Crippen LogP contribution is 2.43. The summed E-state index contributed by atoms with van der Waals surface area (Å²) in [5.74, 6) is 1.30. The van der Waals surface area contributed by atoms with Gasteiger partial charge in [-0.1, -0.05) is 45.7 Å². The highest BCUT2D eigenvalue weighted by Gasteiger charge is 2.19. The van der Waals surface area contributed by atoms with E-state index in [1.807, 2.05) is 18.2 Å². The number of rotatable bonds is 5. The van der Waals surface area contributed by atoms with Gasteiger partial charge in [-0.3, -0.25) is 0 Å². The summed E-state index contributed by atoms with van der Waals surface area (Å²) in [6.45, 7) is 0. The van der Waals surface area contributed by atoms with Crippen molar-refractivity contribution in [2.45, 2.75) is 9.72 Å². The average Bonchev–Trinajstić information content (AvgIpc) is 2.53. The number of halogens is 2. The number of methoxy groups -OCH3 is 2. The number of hydrogen-bond acceptors (Lipinski definition) is 3. The lowest BCUT2D eigenvalue weighted by molar-refractivity contribution is 0.354. The number of ether oxygens (including phenoxy) is 2. The zero-order valence-electron chi connectivity index (χ0n) is 12.0. The summed E-state index contributed by atoms with van der Waals surface area (Å²) in [4.78, 5) is 1.21. The lowest BCUT2D eigenvalue weighted by Gasteiger charge is -2.18. The molecule has 5 heteroatoms. The summed E-state index contributed by atoms with van der Waals surface area (Å²) in [7, 11) is 3.22. The second kappa shape index (κ2) is 7.43. The molecule has 2 nitrogen and oxygen atoms in total. The summed E-state index contributed by atoms with van der Waals surface area (Å²) in [5, 5.41) is 0.644. The van der Waals surface area contributed by atoms with Crippen LogP contribution in [0.25, 0.3) is 0 Å². The van der Waals surface area contributed by atoms with E-state index in [1.54, 1.807) is 32.0 Å². The fourth-order valence-corrected chi connectivity index (χ4v) is 4.07. The number of benzene rings is 2. The van der Waals surface area contributed by atoms with Crippen LogP contribution in [0.5, 0.6) is 11.5 Å². The van der Waals surface area contributed by atoms with Crippen LogP contribution in [0, 0.1) is 0 Å². The molecule has 0 N–H and O–H groups in total. The Morgan fingerprint density at radius 2 is 1.67 bits per heavy atom. The van der Waals surface area contributed by atoms with Crippen molar-refractivity contribution in [2.24, 2.45) is 0 Å². The highest BCUT2D eigenvalue weighted by molar-refractivity contribution is 9.09. The number of hydrogen-bond donors (Lipinski definition) is 0. The van der Waals surface area contributed by atoms with E-state index in [9.17, 15) is 0 Å². The maximum Gasteiger partial charge on any atom is 0.162 e. The lowest BCUT2D eigenvalue weighted by Crippen LogP contribution is -1.99. The molecule has 2 aromatic carbocycles. The third-order valence-electron chi connectivity index (χ3n) is 3.19. The Morgan fingerprint density at radius 1 is 1.05 bits per heavy atom. The number of thioether (sulfide) groups is 1. The molecule has 0 aliphatic heterocycles. The molecule has 2 aromatic rings. The molecule has 0 saturated heterocycles. The quantitative estimate of drug-likeness (QED) is 0.494. The third kappa shape index (κ3) is 3.50. The van der Waals surface area contributed by atoms with E-state index in [4.69, 9.17) is 21.1 Å². The Labute approximate surface area is 142 Å². The second-order valence-corrected chi connectivity index (χ2v) is 6.50. The van der Waals surface area contributed by atoms with Crippen molar-refractivity contribution in [1.82, 2.24) is 0 Å². The predicted octanol–water partition coefficient (Wildman–Crippen LogP) is 5.56. The van der Waals surface area contributed by atoms with Gasteiger partial charge in [-0.2, -0.15) is 0 Å². The summed E-state index contributed by atoms with van der Waals surface area (Å²) in [6, 6.07) is 12.0. The van der Waals surface area contributed by atoms with Gasteiger partial charge < -0.3 is 9.47 Å². The molecule has 0 radical (unpaired) electrons. The van der Waals surface area contributed by atoms with Crippen LogP contribution in [-0.2, 0) is 0 Å². The minimum Gasteiger partial charge on any atom is -0.493 e. The van der Waals surface area contributed by atoms with Crippen LogP contribution in [0.4, 0.5) is 0 Å². The van der Waals surface area contributed by atoms with Crippen molar-refractivity contribution in [3.8, 4) is 11.5 Å². The van der Waals surface area contributed by atoms with Crippen LogP contribution in [0.1, 0.15) is 16.0 Å². The van der Waals surface area contributed by atoms with Crippen molar-refractivity contribution in [1.29, 1.82) is 0 Å². The fraction of sp³-hybridized carbons (Fsp3) is 0.250. The van der Waals surface area contributed by atoms with Crippen LogP contribution in [0.15, 0.2) is 41.3 Å². The summed E-state index contributed by atoms with van der Waals surface area (Å²) in [6.07, 6.45) is 2.06. The minimum absolute atomic E-state index is 0.00606. The van der Waals surface area contributed by atoms with Gasteiger partial charge in [0.15, 0.2) is 11.5 Å². The molecule has 21 heavy (non-hydrogen) atoms. The largest absolute Gasteiger partial charge is 0.493 e. The third-order valence-corrected chi connectivity index (χ3v) is 5.31. The van der Waals surface area contributed by atoms with Crippen molar-refractivity contribution in [3.63, 3.8) is 0 Å². The van der Waals surface area contributed by atoms with Crippen LogP contribution in [-0.4, -0.2) is 20.5 Å². The number of alkyl halides is 1.